The lowest BCUT2D eigenvalue weighted by molar-refractivity contribution is -0.144. The molecule has 0 bridgehead atoms. The monoisotopic (exact) mass is 378 g/mol. The van der Waals surface area contributed by atoms with E-state index in [0.29, 0.717) is 18.5 Å². The number of hydrogen-bond donors (Lipinski definition) is 4. The summed E-state index contributed by atoms with van der Waals surface area (Å²) in [5.41, 5.74) is 2.94. The molecule has 1 atom stereocenters. The van der Waals surface area contributed by atoms with E-state index in [1.165, 1.54) is 6.34 Å². The Morgan fingerprint density at radius 3 is 2.85 bits per heavy atom. The largest absolute Gasteiger partial charge is 0.466 e. The minimum Gasteiger partial charge on any atom is -0.466 e. The van der Waals surface area contributed by atoms with Crippen molar-refractivity contribution in [2.24, 2.45) is 10.8 Å². The maximum atomic E-state index is 12.1. The Labute approximate surface area is 157 Å². The second-order valence-corrected chi connectivity index (χ2v) is 5.50. The summed E-state index contributed by atoms with van der Waals surface area (Å²) in [7, 11) is 0. The molecule has 0 saturated heterocycles. The average molecular weight is 378 g/mol. The quantitative estimate of drug-likeness (QED) is 0.0964. The first-order chi connectivity index (χ1) is 13.1. The normalized spacial score (nSPS) is 11.6. The molecule has 2 amide bonds. The summed E-state index contributed by atoms with van der Waals surface area (Å²) in [6.45, 7) is 2.23. The van der Waals surface area contributed by atoms with Crippen molar-refractivity contribution in [3.05, 3.63) is 30.1 Å². The van der Waals surface area contributed by atoms with E-state index >= 15 is 0 Å². The molecule has 5 N–H and O–H groups in total. The van der Waals surface area contributed by atoms with Crippen LogP contribution in [0.15, 0.2) is 29.5 Å². The molecule has 1 unspecified atom stereocenters. The lowest BCUT2D eigenvalue weighted by Gasteiger charge is -2.18. The standard InChI is InChI=1S/C17H26N6O4/c1-2-27-17(26)9-14(13-5-3-7-19-10-13)23-16(25)11-21-15(24)6-4-8-20-12-22-18/h3,5,7,10,12,14H,2,4,6,8-9,11,18H2,1H3,(H,20,22)(H,21,24)(H,23,25). The van der Waals surface area contributed by atoms with Gasteiger partial charge in [0.1, 0.15) is 0 Å². The van der Waals surface area contributed by atoms with Crippen LogP contribution in [0.25, 0.3) is 0 Å². The molecule has 0 fully saturated rings. The van der Waals surface area contributed by atoms with Crippen LogP contribution >= 0.6 is 0 Å². The topological polar surface area (TPSA) is 148 Å². The number of aromatic nitrogens is 1. The third-order valence-electron chi connectivity index (χ3n) is 3.40. The van der Waals surface area contributed by atoms with E-state index in [2.05, 4.69) is 26.0 Å². The number of nitrogens with zero attached hydrogens (tertiary/aromatic N) is 2. The number of aliphatic imine (C=N–C) groups is 1. The Morgan fingerprint density at radius 1 is 1.37 bits per heavy atom. The highest BCUT2D eigenvalue weighted by atomic mass is 16.5. The summed E-state index contributed by atoms with van der Waals surface area (Å²) in [5, 5.41) is 5.26. The lowest BCUT2D eigenvalue weighted by atomic mass is 10.1. The number of esters is 1. The van der Waals surface area contributed by atoms with Crippen LogP contribution in [0.5, 0.6) is 0 Å². The van der Waals surface area contributed by atoms with Gasteiger partial charge < -0.3 is 20.8 Å². The van der Waals surface area contributed by atoms with Gasteiger partial charge in [-0.3, -0.25) is 24.4 Å². The van der Waals surface area contributed by atoms with Crippen molar-refractivity contribution in [1.29, 1.82) is 0 Å². The van der Waals surface area contributed by atoms with Gasteiger partial charge >= 0.3 is 5.97 Å². The summed E-state index contributed by atoms with van der Waals surface area (Å²) >= 11 is 0. The summed E-state index contributed by atoms with van der Waals surface area (Å²) in [5.74, 6) is 3.93. The molecule has 0 saturated carbocycles. The fourth-order valence-electron chi connectivity index (χ4n) is 2.18. The van der Waals surface area contributed by atoms with E-state index in [9.17, 15) is 14.4 Å². The number of nitrogens with two attached hydrogens (primary N) is 1. The second kappa shape index (κ2) is 13.2. The minimum atomic E-state index is -0.583. The van der Waals surface area contributed by atoms with Crippen molar-refractivity contribution in [3.8, 4) is 0 Å². The molecule has 10 heteroatoms. The maximum Gasteiger partial charge on any atom is 0.308 e. The van der Waals surface area contributed by atoms with Crippen molar-refractivity contribution in [2.45, 2.75) is 32.2 Å². The first-order valence-electron chi connectivity index (χ1n) is 8.62. The molecule has 1 aromatic rings. The highest BCUT2D eigenvalue weighted by Crippen LogP contribution is 2.16. The number of hydrogen-bond acceptors (Lipinski definition) is 7. The van der Waals surface area contributed by atoms with E-state index in [0.717, 1.165) is 0 Å². The van der Waals surface area contributed by atoms with Crippen LogP contribution in [-0.2, 0) is 19.1 Å². The highest BCUT2D eigenvalue weighted by molar-refractivity contribution is 5.85. The van der Waals surface area contributed by atoms with Crippen molar-refractivity contribution >= 4 is 24.1 Å². The minimum absolute atomic E-state index is 0.0214. The van der Waals surface area contributed by atoms with Crippen molar-refractivity contribution in [3.63, 3.8) is 0 Å². The zero-order valence-corrected chi connectivity index (χ0v) is 15.3. The van der Waals surface area contributed by atoms with E-state index in [-0.39, 0.29) is 31.9 Å². The molecule has 0 aliphatic carbocycles. The Kier molecular flexibility index (Phi) is 10.8. The molecule has 1 aromatic heterocycles. The van der Waals surface area contributed by atoms with Gasteiger partial charge in [0, 0.05) is 25.4 Å². The van der Waals surface area contributed by atoms with Crippen molar-refractivity contribution in [1.82, 2.24) is 21.0 Å². The third kappa shape index (κ3) is 9.90. The third-order valence-corrected chi connectivity index (χ3v) is 3.40. The zero-order valence-electron chi connectivity index (χ0n) is 15.3. The van der Waals surface area contributed by atoms with Gasteiger partial charge in [0.05, 0.1) is 32.0 Å². The predicted octanol–water partition coefficient (Wildman–Crippen LogP) is -0.420. The first kappa shape index (κ1) is 22.0. The van der Waals surface area contributed by atoms with Crippen LogP contribution in [-0.4, -0.2) is 48.8 Å². The molecule has 1 heterocycles. The Bertz CT molecular complexity index is 623. The van der Waals surface area contributed by atoms with Crippen molar-refractivity contribution in [2.75, 3.05) is 19.7 Å². The summed E-state index contributed by atoms with van der Waals surface area (Å²) in [6, 6.07) is 2.89. The molecular weight excluding hydrogens is 352 g/mol. The molecule has 0 radical (unpaired) electrons. The molecule has 0 aliphatic rings. The van der Waals surface area contributed by atoms with E-state index in [4.69, 9.17) is 10.6 Å². The second-order valence-electron chi connectivity index (χ2n) is 5.50. The van der Waals surface area contributed by atoms with Gasteiger partial charge in [-0.2, -0.15) is 0 Å². The predicted molar refractivity (Wildman–Crippen MR) is 99.3 cm³/mol. The van der Waals surface area contributed by atoms with E-state index in [1.54, 1.807) is 31.5 Å². The number of nitrogens with one attached hydrogen (secondary N) is 3. The van der Waals surface area contributed by atoms with Crippen LogP contribution in [0.2, 0.25) is 0 Å². The highest BCUT2D eigenvalue weighted by Gasteiger charge is 2.19. The van der Waals surface area contributed by atoms with Gasteiger partial charge in [0.15, 0.2) is 0 Å². The van der Waals surface area contributed by atoms with Crippen LogP contribution in [0, 0.1) is 0 Å². The van der Waals surface area contributed by atoms with Gasteiger partial charge in [-0.25, -0.2) is 5.84 Å². The van der Waals surface area contributed by atoms with Crippen LogP contribution in [0.3, 0.4) is 0 Å². The average Bonchev–Trinajstić information content (AvgIpc) is 2.66. The van der Waals surface area contributed by atoms with Gasteiger partial charge in [0.2, 0.25) is 11.8 Å². The molecule has 0 spiro atoms. The van der Waals surface area contributed by atoms with Gasteiger partial charge in [-0.1, -0.05) is 6.07 Å². The Hall–Kier alpha value is -3.01. The first-order valence-corrected chi connectivity index (χ1v) is 8.62. The van der Waals surface area contributed by atoms with E-state index in [1.807, 2.05) is 0 Å². The van der Waals surface area contributed by atoms with Gasteiger partial charge in [0.25, 0.3) is 0 Å². The van der Waals surface area contributed by atoms with Gasteiger partial charge in [-0.15, -0.1) is 0 Å². The number of pyridine rings is 1. The van der Waals surface area contributed by atoms with Crippen LogP contribution < -0.4 is 21.9 Å². The SMILES string of the molecule is CCOC(=O)CC(NC(=O)CNC(=O)CCCN=CNN)c1cccnc1. The number of hydrazine groups is 1. The fraction of sp³-hybridized carbons (Fsp3) is 0.471. The van der Waals surface area contributed by atoms with Gasteiger partial charge in [-0.05, 0) is 25.0 Å². The lowest BCUT2D eigenvalue weighted by Crippen LogP contribution is -2.39. The number of carbonyl (C=O) groups is 3. The summed E-state index contributed by atoms with van der Waals surface area (Å²) in [4.78, 5) is 43.6. The summed E-state index contributed by atoms with van der Waals surface area (Å²) < 4.78 is 4.94. The van der Waals surface area contributed by atoms with E-state index < -0.39 is 17.9 Å². The molecule has 1 rings (SSSR count). The summed E-state index contributed by atoms with van der Waals surface area (Å²) in [6.07, 6.45) is 5.26. The number of amides is 2. The molecule has 10 nitrogen and oxygen atoms in total. The Morgan fingerprint density at radius 2 is 2.19 bits per heavy atom. The Balaban J connectivity index is 2.47. The zero-order chi connectivity index (χ0) is 19.9. The molecule has 148 valence electrons. The molecule has 0 aromatic carbocycles. The van der Waals surface area contributed by atoms with Crippen LogP contribution in [0.1, 0.15) is 37.8 Å². The molecular formula is C17H26N6O4. The molecule has 27 heavy (non-hydrogen) atoms. The molecule has 0 aliphatic heterocycles. The number of carbonyl (C=O) groups excluding carboxylic acids is 3. The van der Waals surface area contributed by atoms with Crippen molar-refractivity contribution < 1.29 is 19.1 Å². The smallest absolute Gasteiger partial charge is 0.308 e. The van der Waals surface area contributed by atoms with Crippen LogP contribution in [0.4, 0.5) is 0 Å². The fourth-order valence-corrected chi connectivity index (χ4v) is 2.18. The maximum absolute atomic E-state index is 12.1. The number of rotatable bonds is 12. The number of ether oxygens (including phenoxy) is 1.